The SMILES string of the molecule is Cc1cccc(C)c1N1c2cc3c(cc2B2c4cc5sc6cc(N(c7ccccc7)c7ccccc7)c7ccccc7c6c5cc4N(c4c(C)cccc4C)c4cccc1c42)sc1cc(N(c2ccccc2)c2ccccc2)c2ccccc2c13. The third kappa shape index (κ3) is 7.53. The summed E-state index contributed by atoms with van der Waals surface area (Å²) < 4.78 is 5.10. The monoisotopic (exact) mass is 1120 g/mol. The molecule has 0 radical (unpaired) electrons. The molecule has 2 aliphatic rings. The summed E-state index contributed by atoms with van der Waals surface area (Å²) in [5.41, 5.74) is 23.1. The first kappa shape index (κ1) is 49.7. The van der Waals surface area contributed by atoms with Gasteiger partial charge in [-0.15, -0.1) is 22.7 Å². The van der Waals surface area contributed by atoms with Crippen LogP contribution in [-0.4, -0.2) is 6.71 Å². The summed E-state index contributed by atoms with van der Waals surface area (Å²) in [7, 11) is 0. The lowest BCUT2D eigenvalue weighted by Crippen LogP contribution is -2.61. The van der Waals surface area contributed by atoms with Gasteiger partial charge in [-0.3, -0.25) is 0 Å². The van der Waals surface area contributed by atoms with Gasteiger partial charge >= 0.3 is 0 Å². The summed E-state index contributed by atoms with van der Waals surface area (Å²) in [5.74, 6) is 0. The van der Waals surface area contributed by atoms with E-state index in [1.807, 2.05) is 22.7 Å². The van der Waals surface area contributed by atoms with Crippen molar-refractivity contribution in [3.05, 3.63) is 283 Å². The summed E-state index contributed by atoms with van der Waals surface area (Å²) in [6.45, 7) is 9.05. The topological polar surface area (TPSA) is 13.0 Å². The average Bonchev–Trinajstić information content (AvgIpc) is 1.79. The van der Waals surface area contributed by atoms with Gasteiger partial charge in [-0.05, 0) is 174 Å². The Morgan fingerprint density at radius 1 is 0.294 bits per heavy atom. The Morgan fingerprint density at radius 2 is 0.624 bits per heavy atom. The molecule has 4 heterocycles. The minimum absolute atomic E-state index is 0.0838. The van der Waals surface area contributed by atoms with E-state index in [0.717, 1.165) is 22.7 Å². The first-order valence-corrected chi connectivity index (χ1v) is 31.0. The van der Waals surface area contributed by atoms with E-state index in [9.17, 15) is 0 Å². The van der Waals surface area contributed by atoms with E-state index >= 15 is 0 Å². The number of anilines is 12. The minimum atomic E-state index is -0.0838. The highest BCUT2D eigenvalue weighted by Crippen LogP contribution is 2.53. The Labute approximate surface area is 503 Å². The van der Waals surface area contributed by atoms with Crippen LogP contribution < -0.4 is 36.0 Å². The van der Waals surface area contributed by atoms with Crippen molar-refractivity contribution in [2.45, 2.75) is 27.7 Å². The maximum Gasteiger partial charge on any atom is 0.252 e. The second-order valence-electron chi connectivity index (χ2n) is 23.0. The molecule has 0 atom stereocenters. The molecule has 15 aromatic rings. The molecule has 2 aromatic heterocycles. The lowest BCUT2D eigenvalue weighted by Gasteiger charge is -2.45. The third-order valence-corrected chi connectivity index (χ3v) is 20.2. The quantitative estimate of drug-likeness (QED) is 0.141. The molecule has 2 aliphatic heterocycles. The molecule has 13 aromatic carbocycles. The maximum atomic E-state index is 2.63. The van der Waals surface area contributed by atoms with Crippen molar-refractivity contribution >= 4 is 176 Å². The van der Waals surface area contributed by atoms with Crippen LogP contribution >= 0.6 is 22.7 Å². The van der Waals surface area contributed by atoms with Crippen molar-refractivity contribution in [1.29, 1.82) is 0 Å². The number of nitrogens with zero attached hydrogens (tertiary/aromatic N) is 4. The number of rotatable bonds is 8. The molecule has 0 saturated heterocycles. The first-order valence-electron chi connectivity index (χ1n) is 29.4. The summed E-state index contributed by atoms with van der Waals surface area (Å²) in [4.78, 5) is 10.1. The Kier molecular flexibility index (Phi) is 11.3. The van der Waals surface area contributed by atoms with E-state index < -0.39 is 0 Å². The summed E-state index contributed by atoms with van der Waals surface area (Å²) >= 11 is 3.85. The lowest BCUT2D eigenvalue weighted by molar-refractivity contribution is 1.20. The summed E-state index contributed by atoms with van der Waals surface area (Å²) in [6.07, 6.45) is 0. The van der Waals surface area contributed by atoms with Gasteiger partial charge in [0.05, 0.1) is 22.7 Å². The second kappa shape index (κ2) is 19.3. The van der Waals surface area contributed by atoms with Gasteiger partial charge in [-0.1, -0.05) is 164 Å². The number of fused-ring (bicyclic) bond motifs is 14. The van der Waals surface area contributed by atoms with Crippen molar-refractivity contribution in [3.63, 3.8) is 0 Å². The molecule has 0 bridgehead atoms. The molecule has 4 nitrogen and oxygen atoms in total. The van der Waals surface area contributed by atoms with Crippen molar-refractivity contribution in [2.24, 2.45) is 0 Å². The van der Waals surface area contributed by atoms with Crippen LogP contribution in [0.4, 0.5) is 68.2 Å². The number of benzene rings is 13. The van der Waals surface area contributed by atoms with Gasteiger partial charge in [0.25, 0.3) is 6.71 Å². The van der Waals surface area contributed by atoms with Crippen LogP contribution in [0.15, 0.2) is 261 Å². The van der Waals surface area contributed by atoms with Crippen LogP contribution in [0, 0.1) is 27.7 Å². The van der Waals surface area contributed by atoms with Gasteiger partial charge < -0.3 is 19.6 Å². The standard InChI is InChI=1S/C78H55BN4S2/c1-48-24-21-25-49(2)77(48)82-64-40-23-41-65-76(64)79(62-44-70-60(42-68(62)82)74-58-38-19-17-36-56(58)66(46-72(74)84-70)80(52-28-9-5-10-29-52)53-30-11-6-12-31-53)63-45-71-61(43-69(63)83(65)78-50(3)26-22-27-51(78)4)75-59-39-20-18-37-57(59)67(47-73(75)85-71)81(54-32-13-7-14-33-54)55-34-15-8-16-35-55/h5-47H,1-4H3. The molecular weight excluding hydrogens is 1070 g/mol. The van der Waals surface area contributed by atoms with Gasteiger partial charge in [0, 0.05) is 96.6 Å². The Morgan fingerprint density at radius 3 is 0.988 bits per heavy atom. The molecule has 17 rings (SSSR count). The van der Waals surface area contributed by atoms with Crippen LogP contribution in [0.1, 0.15) is 22.3 Å². The number of thiophene rings is 2. The van der Waals surface area contributed by atoms with Crippen LogP contribution in [0.25, 0.3) is 61.9 Å². The van der Waals surface area contributed by atoms with Crippen LogP contribution in [0.5, 0.6) is 0 Å². The minimum Gasteiger partial charge on any atom is -0.311 e. The molecule has 0 fully saturated rings. The summed E-state index contributed by atoms with van der Waals surface area (Å²) in [6, 6.07) is 97.3. The molecule has 0 saturated carbocycles. The molecule has 0 amide bonds. The molecule has 0 unspecified atom stereocenters. The van der Waals surface area contributed by atoms with E-state index in [1.54, 1.807) is 0 Å². The number of hydrogen-bond donors (Lipinski definition) is 0. The lowest BCUT2D eigenvalue weighted by atomic mass is 9.33. The Balaban J connectivity index is 0.964. The molecule has 0 aliphatic carbocycles. The number of hydrogen-bond acceptors (Lipinski definition) is 6. The van der Waals surface area contributed by atoms with E-state index in [2.05, 4.69) is 308 Å². The Bertz CT molecular complexity index is 4770. The molecule has 402 valence electrons. The van der Waals surface area contributed by atoms with E-state index in [1.165, 1.54) is 146 Å². The van der Waals surface area contributed by atoms with E-state index in [-0.39, 0.29) is 6.71 Å². The molecule has 0 N–H and O–H groups in total. The zero-order valence-corrected chi connectivity index (χ0v) is 49.1. The predicted octanol–water partition coefficient (Wildman–Crippen LogP) is 21.0. The summed E-state index contributed by atoms with van der Waals surface area (Å²) in [5, 5.41) is 10.1. The number of para-hydroxylation sites is 6. The van der Waals surface area contributed by atoms with E-state index in [0.29, 0.717) is 0 Å². The first-order chi connectivity index (χ1) is 41.9. The second-order valence-corrected chi connectivity index (χ2v) is 25.1. The zero-order chi connectivity index (χ0) is 56.6. The smallest absolute Gasteiger partial charge is 0.252 e. The third-order valence-electron chi connectivity index (χ3n) is 18.0. The highest BCUT2D eigenvalue weighted by atomic mass is 32.1. The fourth-order valence-electron chi connectivity index (χ4n) is 14.5. The molecule has 0 spiro atoms. The van der Waals surface area contributed by atoms with Crippen LogP contribution in [-0.2, 0) is 0 Å². The maximum absolute atomic E-state index is 2.63. The highest BCUT2D eigenvalue weighted by Gasteiger charge is 2.45. The Hall–Kier alpha value is -9.92. The average molecular weight is 1120 g/mol. The van der Waals surface area contributed by atoms with Crippen molar-refractivity contribution in [1.82, 2.24) is 0 Å². The van der Waals surface area contributed by atoms with Crippen molar-refractivity contribution in [3.8, 4) is 0 Å². The van der Waals surface area contributed by atoms with Gasteiger partial charge in [0.1, 0.15) is 0 Å². The molecule has 7 heteroatoms. The van der Waals surface area contributed by atoms with Crippen molar-refractivity contribution < 1.29 is 0 Å². The largest absolute Gasteiger partial charge is 0.311 e. The van der Waals surface area contributed by atoms with Crippen molar-refractivity contribution in [2.75, 3.05) is 19.6 Å². The van der Waals surface area contributed by atoms with Gasteiger partial charge in [-0.25, -0.2) is 0 Å². The van der Waals surface area contributed by atoms with Crippen LogP contribution in [0.3, 0.4) is 0 Å². The fraction of sp³-hybridized carbons (Fsp3) is 0.0513. The molecular formula is C78H55BN4S2. The van der Waals surface area contributed by atoms with Gasteiger partial charge in [-0.2, -0.15) is 0 Å². The van der Waals surface area contributed by atoms with Gasteiger partial charge in [0.15, 0.2) is 0 Å². The fourth-order valence-corrected chi connectivity index (χ4v) is 16.9. The number of aryl methyl sites for hydroxylation is 4. The zero-order valence-electron chi connectivity index (χ0n) is 47.5. The highest BCUT2D eigenvalue weighted by molar-refractivity contribution is 7.27. The van der Waals surface area contributed by atoms with E-state index in [4.69, 9.17) is 0 Å². The predicted molar refractivity (Wildman–Crippen MR) is 370 cm³/mol. The molecule has 85 heavy (non-hydrogen) atoms. The van der Waals surface area contributed by atoms with Gasteiger partial charge in [0.2, 0.25) is 0 Å². The normalized spacial score (nSPS) is 12.6. The van der Waals surface area contributed by atoms with Crippen LogP contribution in [0.2, 0.25) is 0 Å².